The molecule has 41 heavy (non-hydrogen) atoms. The first-order valence-electron chi connectivity index (χ1n) is 13.4. The highest BCUT2D eigenvalue weighted by Crippen LogP contribution is 2.43. The molecule has 204 valence electrons. The van der Waals surface area contributed by atoms with Gasteiger partial charge in [-0.1, -0.05) is 42.5 Å². The molecule has 2 atom stereocenters. The van der Waals surface area contributed by atoms with Crippen LogP contribution in [0.3, 0.4) is 0 Å². The molecule has 2 N–H and O–H groups in total. The Bertz CT molecular complexity index is 1640. The van der Waals surface area contributed by atoms with Gasteiger partial charge in [-0.2, -0.15) is 0 Å². The Morgan fingerprint density at radius 2 is 1.59 bits per heavy atom. The van der Waals surface area contributed by atoms with Crippen LogP contribution in [0.2, 0.25) is 0 Å². The number of amides is 1. The number of hydrogen-bond acceptors (Lipinski definition) is 4. The van der Waals surface area contributed by atoms with Gasteiger partial charge < -0.3 is 24.8 Å². The predicted octanol–water partition coefficient (Wildman–Crippen LogP) is 6.38. The predicted molar refractivity (Wildman–Crippen MR) is 165 cm³/mol. The van der Waals surface area contributed by atoms with Gasteiger partial charge in [0.2, 0.25) is 0 Å². The van der Waals surface area contributed by atoms with E-state index in [1.54, 1.807) is 6.20 Å². The van der Waals surface area contributed by atoms with Crippen LogP contribution in [0.1, 0.15) is 29.2 Å². The van der Waals surface area contributed by atoms with Gasteiger partial charge in [-0.3, -0.25) is 9.78 Å². The lowest BCUT2D eigenvalue weighted by Crippen LogP contribution is -2.30. The molecule has 2 aromatic heterocycles. The summed E-state index contributed by atoms with van der Waals surface area (Å²) in [4.78, 5) is 19.3. The summed E-state index contributed by atoms with van der Waals surface area (Å²) in [7, 11) is 0. The molecule has 0 radical (unpaired) electrons. The standard InChI is InChI=1S/C33H29N5O2S/c1-23-15-20-29(37(23)25-10-4-2-5-11-25)32-31(28-14-8-9-21-34-28)36-33(41)38(32)26-18-16-24(17-19-26)35-30(39)22-40-27-12-6-3-7-13-27/h2-21,31-32H,22H2,1H3,(H,35,39)(H,36,41)/t31-,32-/m0/s1. The van der Waals surface area contributed by atoms with Crippen molar-refractivity contribution in [3.63, 3.8) is 0 Å². The van der Waals surface area contributed by atoms with E-state index in [0.29, 0.717) is 16.5 Å². The molecule has 1 amide bonds. The molecule has 8 heteroatoms. The Balaban J connectivity index is 1.30. The largest absolute Gasteiger partial charge is 0.484 e. The summed E-state index contributed by atoms with van der Waals surface area (Å²) in [6, 6.07) is 37.2. The molecule has 6 rings (SSSR count). The van der Waals surface area contributed by atoms with Crippen molar-refractivity contribution in [1.82, 2.24) is 14.9 Å². The van der Waals surface area contributed by atoms with Crippen LogP contribution in [0.15, 0.2) is 121 Å². The van der Waals surface area contributed by atoms with E-state index in [1.165, 1.54) is 0 Å². The number of nitrogens with one attached hydrogen (secondary N) is 2. The fraction of sp³-hybridized carbons (Fsp3) is 0.121. The number of aryl methyl sites for hydroxylation is 1. The number of para-hydroxylation sites is 2. The average Bonchev–Trinajstić information content (AvgIpc) is 3.57. The molecule has 5 aromatic rings. The summed E-state index contributed by atoms with van der Waals surface area (Å²) in [6.45, 7) is 2.03. The third kappa shape index (κ3) is 5.55. The lowest BCUT2D eigenvalue weighted by atomic mass is 10.0. The highest BCUT2D eigenvalue weighted by Gasteiger charge is 2.42. The molecule has 0 aliphatic carbocycles. The molecule has 0 bridgehead atoms. The molecule has 3 aromatic carbocycles. The maximum atomic E-state index is 12.5. The van der Waals surface area contributed by atoms with Crippen LogP contribution in [-0.4, -0.2) is 27.2 Å². The number of thiocarbonyl (C=S) groups is 1. The van der Waals surface area contributed by atoms with Gasteiger partial charge in [0.1, 0.15) is 11.8 Å². The topological polar surface area (TPSA) is 71.4 Å². The Morgan fingerprint density at radius 1 is 0.878 bits per heavy atom. The minimum absolute atomic E-state index is 0.0739. The molecular formula is C33H29N5O2S. The summed E-state index contributed by atoms with van der Waals surface area (Å²) in [5, 5.41) is 7.05. The number of anilines is 2. The number of pyridine rings is 1. The van der Waals surface area contributed by atoms with Gasteiger partial charge in [0.15, 0.2) is 11.7 Å². The van der Waals surface area contributed by atoms with Crippen LogP contribution in [0.5, 0.6) is 5.75 Å². The normalized spacial score (nSPS) is 16.3. The molecule has 0 saturated carbocycles. The summed E-state index contributed by atoms with van der Waals surface area (Å²) in [6.07, 6.45) is 1.81. The zero-order valence-corrected chi connectivity index (χ0v) is 23.3. The highest BCUT2D eigenvalue weighted by molar-refractivity contribution is 7.80. The summed E-state index contributed by atoms with van der Waals surface area (Å²) in [5.41, 5.74) is 5.78. The number of carbonyl (C=O) groups excluding carboxylic acids is 1. The summed E-state index contributed by atoms with van der Waals surface area (Å²) >= 11 is 5.92. The lowest BCUT2D eigenvalue weighted by Gasteiger charge is -2.29. The summed E-state index contributed by atoms with van der Waals surface area (Å²) < 4.78 is 7.84. The number of nitrogens with zero attached hydrogens (tertiary/aromatic N) is 3. The molecule has 1 saturated heterocycles. The van der Waals surface area contributed by atoms with Crippen LogP contribution in [0.25, 0.3) is 5.69 Å². The van der Waals surface area contributed by atoms with Gasteiger partial charge in [-0.15, -0.1) is 0 Å². The van der Waals surface area contributed by atoms with E-state index >= 15 is 0 Å². The lowest BCUT2D eigenvalue weighted by molar-refractivity contribution is -0.118. The monoisotopic (exact) mass is 559 g/mol. The minimum Gasteiger partial charge on any atom is -0.484 e. The van der Waals surface area contributed by atoms with Crippen molar-refractivity contribution in [3.05, 3.63) is 139 Å². The van der Waals surface area contributed by atoms with E-state index in [2.05, 4.69) is 56.3 Å². The van der Waals surface area contributed by atoms with E-state index in [4.69, 9.17) is 17.0 Å². The number of benzene rings is 3. The van der Waals surface area contributed by atoms with E-state index in [1.807, 2.05) is 91.0 Å². The van der Waals surface area contributed by atoms with Crippen molar-refractivity contribution < 1.29 is 9.53 Å². The van der Waals surface area contributed by atoms with Gasteiger partial charge in [-0.05, 0) is 91.9 Å². The van der Waals surface area contributed by atoms with E-state index < -0.39 is 0 Å². The molecule has 0 spiro atoms. The van der Waals surface area contributed by atoms with E-state index in [9.17, 15) is 4.79 Å². The number of carbonyl (C=O) groups is 1. The first-order chi connectivity index (χ1) is 20.1. The van der Waals surface area contributed by atoms with Gasteiger partial charge >= 0.3 is 0 Å². The highest BCUT2D eigenvalue weighted by atomic mass is 32.1. The van der Waals surface area contributed by atoms with Crippen LogP contribution in [0, 0.1) is 6.92 Å². The minimum atomic E-state index is -0.232. The first kappa shape index (κ1) is 26.3. The molecular weight excluding hydrogens is 530 g/mol. The molecule has 1 aliphatic rings. The van der Waals surface area contributed by atoms with Crippen LogP contribution < -0.4 is 20.3 Å². The van der Waals surface area contributed by atoms with Gasteiger partial charge in [0.05, 0.1) is 11.7 Å². The number of rotatable bonds is 8. The van der Waals surface area contributed by atoms with Crippen molar-refractivity contribution in [2.45, 2.75) is 19.0 Å². The van der Waals surface area contributed by atoms with E-state index in [0.717, 1.165) is 28.5 Å². The van der Waals surface area contributed by atoms with Crippen molar-refractivity contribution in [1.29, 1.82) is 0 Å². The molecule has 1 fully saturated rings. The summed E-state index contributed by atoms with van der Waals surface area (Å²) in [5.74, 6) is 0.418. The molecule has 7 nitrogen and oxygen atoms in total. The molecule has 3 heterocycles. The Kier molecular flexibility index (Phi) is 7.47. The van der Waals surface area contributed by atoms with Crippen LogP contribution in [-0.2, 0) is 4.79 Å². The average molecular weight is 560 g/mol. The SMILES string of the molecule is Cc1ccc([C@H]2[C@H](c3ccccn3)NC(=S)N2c2ccc(NC(=O)COc3ccccc3)cc2)n1-c1ccccc1. The van der Waals surface area contributed by atoms with Crippen molar-refractivity contribution in [2.24, 2.45) is 0 Å². The van der Waals surface area contributed by atoms with Gasteiger partial charge in [0, 0.05) is 34.6 Å². The molecule has 1 aliphatic heterocycles. The Morgan fingerprint density at radius 3 is 2.29 bits per heavy atom. The maximum Gasteiger partial charge on any atom is 0.262 e. The third-order valence-electron chi connectivity index (χ3n) is 7.06. The second kappa shape index (κ2) is 11.7. The third-order valence-corrected chi connectivity index (χ3v) is 7.38. The van der Waals surface area contributed by atoms with E-state index in [-0.39, 0.29) is 24.6 Å². The number of aromatic nitrogens is 2. The van der Waals surface area contributed by atoms with Crippen LogP contribution >= 0.6 is 12.2 Å². The quantitative estimate of drug-likeness (QED) is 0.215. The zero-order valence-electron chi connectivity index (χ0n) is 22.5. The van der Waals surface area contributed by atoms with Crippen LogP contribution in [0.4, 0.5) is 11.4 Å². The Labute approximate surface area is 244 Å². The smallest absolute Gasteiger partial charge is 0.262 e. The van der Waals surface area contributed by atoms with Crippen molar-refractivity contribution in [2.75, 3.05) is 16.8 Å². The zero-order chi connectivity index (χ0) is 28.2. The first-order valence-corrected chi connectivity index (χ1v) is 13.8. The Hall–Kier alpha value is -4.95. The number of hydrogen-bond donors (Lipinski definition) is 2. The fourth-order valence-electron chi connectivity index (χ4n) is 5.22. The molecule has 0 unspecified atom stereocenters. The fourth-order valence-corrected chi connectivity index (χ4v) is 5.57. The number of ether oxygens (including phenoxy) is 1. The second-order valence-corrected chi connectivity index (χ2v) is 10.2. The van der Waals surface area contributed by atoms with Crippen molar-refractivity contribution in [3.8, 4) is 11.4 Å². The second-order valence-electron chi connectivity index (χ2n) is 9.76. The van der Waals surface area contributed by atoms with Gasteiger partial charge in [0.25, 0.3) is 5.91 Å². The van der Waals surface area contributed by atoms with Crippen molar-refractivity contribution >= 4 is 34.6 Å². The van der Waals surface area contributed by atoms with Gasteiger partial charge in [-0.25, -0.2) is 0 Å². The maximum absolute atomic E-state index is 12.5.